The van der Waals surface area contributed by atoms with Crippen LogP contribution in [0.1, 0.15) is 46.5 Å². The Morgan fingerprint density at radius 1 is 1.20 bits per heavy atom. The van der Waals surface area contributed by atoms with Crippen molar-refractivity contribution in [2.45, 2.75) is 58.5 Å². The highest BCUT2D eigenvalue weighted by Gasteiger charge is 2.21. The molecule has 1 aliphatic carbocycles. The van der Waals surface area contributed by atoms with E-state index in [9.17, 15) is 4.39 Å². The van der Waals surface area contributed by atoms with E-state index in [0.717, 1.165) is 11.6 Å². The van der Waals surface area contributed by atoms with E-state index in [1.165, 1.54) is 25.7 Å². The molecule has 0 saturated heterocycles. The topological polar surface area (TPSA) is 15.3 Å². The molecule has 0 spiro atoms. The van der Waals surface area contributed by atoms with Gasteiger partial charge in [-0.15, -0.1) is 0 Å². The molecule has 0 radical (unpaired) electrons. The van der Waals surface area contributed by atoms with Gasteiger partial charge in [-0.3, -0.25) is 0 Å². The molecule has 0 amide bonds. The largest absolute Gasteiger partial charge is 0.382 e. The molecule has 1 fully saturated rings. The molecule has 1 atom stereocenters. The van der Waals surface area contributed by atoms with Gasteiger partial charge in [-0.05, 0) is 57.7 Å². The Kier molecular flexibility index (Phi) is 4.90. The second-order valence-electron chi connectivity index (χ2n) is 6.35. The Bertz CT molecular complexity index is 439. The lowest BCUT2D eigenvalue weighted by atomic mass is 9.99. The second kappa shape index (κ2) is 6.47. The maximum absolute atomic E-state index is 14.2. The Balaban J connectivity index is 2.04. The molecule has 1 N–H and O–H groups in total. The maximum Gasteiger partial charge on any atom is 0.148 e. The van der Waals surface area contributed by atoms with Gasteiger partial charge in [0.15, 0.2) is 0 Å². The summed E-state index contributed by atoms with van der Waals surface area (Å²) in [5.41, 5.74) is 1.56. The van der Waals surface area contributed by atoms with Crippen LogP contribution in [0.2, 0.25) is 0 Å². The molecule has 1 aromatic carbocycles. The van der Waals surface area contributed by atoms with Gasteiger partial charge in [0.2, 0.25) is 0 Å². The van der Waals surface area contributed by atoms with Crippen LogP contribution in [-0.2, 0) is 0 Å². The lowest BCUT2D eigenvalue weighted by Gasteiger charge is -2.26. The maximum atomic E-state index is 14.2. The van der Waals surface area contributed by atoms with Crippen molar-refractivity contribution in [1.82, 2.24) is 0 Å². The number of hydrogen-bond acceptors (Lipinski definition) is 2. The third kappa shape index (κ3) is 3.44. The monoisotopic (exact) mass is 278 g/mol. The minimum absolute atomic E-state index is 0.148. The van der Waals surface area contributed by atoms with Gasteiger partial charge in [-0.25, -0.2) is 4.39 Å². The standard InChI is InChI=1S/C17H27FN2/c1-12(2)20(4)17-10-9-15(11-16(17)18)19-13(3)14-7-5-6-8-14/h9-14,19H,5-8H2,1-4H3. The molecule has 1 saturated carbocycles. The van der Waals surface area contributed by atoms with Gasteiger partial charge in [-0.1, -0.05) is 12.8 Å². The third-order valence-electron chi connectivity index (χ3n) is 4.60. The van der Waals surface area contributed by atoms with Crippen LogP contribution in [0, 0.1) is 11.7 Å². The van der Waals surface area contributed by atoms with Crippen molar-refractivity contribution in [3.8, 4) is 0 Å². The van der Waals surface area contributed by atoms with Crippen LogP contribution in [0.5, 0.6) is 0 Å². The number of anilines is 2. The van der Waals surface area contributed by atoms with Gasteiger partial charge in [0.25, 0.3) is 0 Å². The predicted molar refractivity (Wildman–Crippen MR) is 85.0 cm³/mol. The Labute approximate surface area is 122 Å². The summed E-state index contributed by atoms with van der Waals surface area (Å²) in [5, 5.41) is 3.46. The predicted octanol–water partition coefficient (Wildman–Crippen LogP) is 4.66. The summed E-state index contributed by atoms with van der Waals surface area (Å²) in [6.45, 7) is 6.34. The van der Waals surface area contributed by atoms with Crippen molar-refractivity contribution in [3.63, 3.8) is 0 Å². The Hall–Kier alpha value is -1.25. The first-order valence-corrected chi connectivity index (χ1v) is 7.78. The fourth-order valence-electron chi connectivity index (χ4n) is 3.00. The lowest BCUT2D eigenvalue weighted by Crippen LogP contribution is -2.27. The molecule has 1 aliphatic rings. The molecular weight excluding hydrogens is 251 g/mol. The summed E-state index contributed by atoms with van der Waals surface area (Å²) in [7, 11) is 1.93. The first kappa shape index (κ1) is 15.1. The Morgan fingerprint density at radius 3 is 2.40 bits per heavy atom. The summed E-state index contributed by atoms with van der Waals surface area (Å²) >= 11 is 0. The number of benzene rings is 1. The fourth-order valence-corrected chi connectivity index (χ4v) is 3.00. The van der Waals surface area contributed by atoms with Crippen LogP contribution in [0.3, 0.4) is 0 Å². The van der Waals surface area contributed by atoms with Crippen LogP contribution in [0.4, 0.5) is 15.8 Å². The molecule has 112 valence electrons. The van der Waals surface area contributed by atoms with Gasteiger partial charge < -0.3 is 10.2 Å². The third-order valence-corrected chi connectivity index (χ3v) is 4.60. The molecule has 1 unspecified atom stereocenters. The molecule has 0 aliphatic heterocycles. The zero-order chi connectivity index (χ0) is 14.7. The summed E-state index contributed by atoms with van der Waals surface area (Å²) in [6, 6.07) is 6.20. The molecule has 0 aromatic heterocycles. The van der Waals surface area contributed by atoms with Crippen molar-refractivity contribution in [2.75, 3.05) is 17.3 Å². The summed E-state index contributed by atoms with van der Waals surface area (Å²) in [6.07, 6.45) is 5.27. The number of halogens is 1. The van der Waals surface area contributed by atoms with E-state index in [-0.39, 0.29) is 5.82 Å². The van der Waals surface area contributed by atoms with Gasteiger partial charge in [0.1, 0.15) is 5.82 Å². The van der Waals surface area contributed by atoms with Crippen molar-refractivity contribution in [3.05, 3.63) is 24.0 Å². The van der Waals surface area contributed by atoms with Crippen molar-refractivity contribution < 1.29 is 4.39 Å². The summed E-state index contributed by atoms with van der Waals surface area (Å²) < 4.78 is 14.2. The molecule has 2 rings (SSSR count). The number of rotatable bonds is 5. The normalized spacial score (nSPS) is 17.5. The van der Waals surface area contributed by atoms with Crippen molar-refractivity contribution in [2.24, 2.45) is 5.92 Å². The fraction of sp³-hybridized carbons (Fsp3) is 0.647. The van der Waals surface area contributed by atoms with E-state index in [2.05, 4.69) is 26.1 Å². The molecule has 0 heterocycles. The smallest absolute Gasteiger partial charge is 0.148 e. The zero-order valence-corrected chi connectivity index (χ0v) is 13.1. The molecule has 2 nitrogen and oxygen atoms in total. The highest BCUT2D eigenvalue weighted by atomic mass is 19.1. The first-order valence-electron chi connectivity index (χ1n) is 7.78. The van der Waals surface area contributed by atoms with Gasteiger partial charge in [0.05, 0.1) is 5.69 Å². The highest BCUT2D eigenvalue weighted by Crippen LogP contribution is 2.30. The van der Waals surface area contributed by atoms with E-state index < -0.39 is 0 Å². The average Bonchev–Trinajstić information content (AvgIpc) is 2.92. The SMILES string of the molecule is CC(Nc1ccc(N(C)C(C)C)c(F)c1)C1CCCC1. The van der Waals surface area contributed by atoms with Crippen LogP contribution in [0.15, 0.2) is 18.2 Å². The van der Waals surface area contributed by atoms with E-state index in [1.807, 2.05) is 24.1 Å². The number of nitrogens with zero attached hydrogens (tertiary/aromatic N) is 1. The molecule has 0 bridgehead atoms. The minimum Gasteiger partial charge on any atom is -0.382 e. The van der Waals surface area contributed by atoms with Crippen LogP contribution < -0.4 is 10.2 Å². The average molecular weight is 278 g/mol. The van der Waals surface area contributed by atoms with Crippen molar-refractivity contribution in [1.29, 1.82) is 0 Å². The number of hydrogen-bond donors (Lipinski definition) is 1. The van der Waals surface area contributed by atoms with Crippen LogP contribution >= 0.6 is 0 Å². The van der Waals surface area contributed by atoms with Gasteiger partial charge in [0, 0.05) is 24.8 Å². The lowest BCUT2D eigenvalue weighted by molar-refractivity contribution is 0.482. The summed E-state index contributed by atoms with van der Waals surface area (Å²) in [4.78, 5) is 1.96. The molecular formula is C17H27FN2. The highest BCUT2D eigenvalue weighted by molar-refractivity contribution is 5.56. The van der Waals surface area contributed by atoms with E-state index in [0.29, 0.717) is 17.8 Å². The van der Waals surface area contributed by atoms with Gasteiger partial charge >= 0.3 is 0 Å². The van der Waals surface area contributed by atoms with Crippen LogP contribution in [-0.4, -0.2) is 19.1 Å². The van der Waals surface area contributed by atoms with E-state index in [4.69, 9.17) is 0 Å². The quantitative estimate of drug-likeness (QED) is 0.842. The van der Waals surface area contributed by atoms with E-state index >= 15 is 0 Å². The number of nitrogens with one attached hydrogen (secondary N) is 1. The van der Waals surface area contributed by atoms with Gasteiger partial charge in [-0.2, -0.15) is 0 Å². The molecule has 20 heavy (non-hydrogen) atoms. The molecule has 1 aromatic rings. The van der Waals surface area contributed by atoms with Crippen molar-refractivity contribution >= 4 is 11.4 Å². The minimum atomic E-state index is -0.148. The zero-order valence-electron chi connectivity index (χ0n) is 13.1. The van der Waals surface area contributed by atoms with E-state index in [1.54, 1.807) is 6.07 Å². The Morgan fingerprint density at radius 2 is 1.85 bits per heavy atom. The first-order chi connectivity index (χ1) is 9.49. The summed E-state index contributed by atoms with van der Waals surface area (Å²) in [5.74, 6) is 0.584. The molecule has 3 heteroatoms. The van der Waals surface area contributed by atoms with Crippen LogP contribution in [0.25, 0.3) is 0 Å². The second-order valence-corrected chi connectivity index (χ2v) is 6.35.